The van der Waals surface area contributed by atoms with Crippen LogP contribution in [0.15, 0.2) is 146 Å². The minimum atomic E-state index is -0.574. The molecule has 0 aliphatic carbocycles. The summed E-state index contributed by atoms with van der Waals surface area (Å²) in [6.07, 6.45) is 0. The Bertz CT molecular complexity index is 3190. The zero-order valence-electron chi connectivity index (χ0n) is 30.3. The molecule has 11 rings (SSSR count). The molecule has 9 aromatic rings. The van der Waals surface area contributed by atoms with Crippen LogP contribution in [0.4, 0.5) is 11.4 Å². The highest BCUT2D eigenvalue weighted by atomic mass is 16.2. The van der Waals surface area contributed by atoms with Gasteiger partial charge in [-0.05, 0) is 81.6 Å². The largest absolute Gasteiger partial charge is 0.268 e. The van der Waals surface area contributed by atoms with Crippen molar-refractivity contribution in [1.82, 2.24) is 0 Å². The quantitative estimate of drug-likeness (QED) is 0.100. The molecule has 8 heteroatoms. The van der Waals surface area contributed by atoms with Crippen LogP contribution in [0, 0.1) is 22.7 Å². The molecule has 0 aromatic heterocycles. The van der Waals surface area contributed by atoms with Crippen molar-refractivity contribution in [3.63, 3.8) is 0 Å². The Hall–Kier alpha value is -8.46. The van der Waals surface area contributed by atoms with Crippen molar-refractivity contribution in [2.45, 2.75) is 0 Å². The predicted molar refractivity (Wildman–Crippen MR) is 223 cm³/mol. The minimum absolute atomic E-state index is 0.182. The molecule has 2 aliphatic rings. The molecule has 58 heavy (non-hydrogen) atoms. The summed E-state index contributed by atoms with van der Waals surface area (Å²) in [5, 5.41) is 25.1. The van der Waals surface area contributed by atoms with Crippen LogP contribution in [0.2, 0.25) is 0 Å². The van der Waals surface area contributed by atoms with Gasteiger partial charge in [0.05, 0.1) is 45.8 Å². The SMILES string of the molecule is N#Cc1cc2c3c(ccc4c5c(C#N)cc6c7c(ccc(c1c34)c75)C(=O)N(c1ccc(-c3ccccc3)cc1)C6=O)C(=O)N(c1ccc(-c3ccccc3)cc1)C2=O. The molecular weight excluding hydrogens is 721 g/mol. The summed E-state index contributed by atoms with van der Waals surface area (Å²) in [5.41, 5.74) is 5.89. The fourth-order valence-electron chi connectivity index (χ4n) is 8.98. The number of nitrogens with zero attached hydrogens (tertiary/aromatic N) is 4. The average molecular weight is 745 g/mol. The van der Waals surface area contributed by atoms with Crippen LogP contribution in [-0.4, -0.2) is 23.6 Å². The lowest BCUT2D eigenvalue weighted by Crippen LogP contribution is -2.40. The Morgan fingerprint density at radius 3 is 1.05 bits per heavy atom. The Morgan fingerprint density at radius 1 is 0.345 bits per heavy atom. The Balaban J connectivity index is 1.10. The second-order valence-corrected chi connectivity index (χ2v) is 14.5. The van der Waals surface area contributed by atoms with Crippen molar-refractivity contribution < 1.29 is 19.2 Å². The maximum Gasteiger partial charge on any atom is 0.266 e. The number of carbonyl (C=O) groups is 4. The molecule has 9 aromatic carbocycles. The number of benzene rings is 9. The molecule has 2 heterocycles. The number of anilines is 2. The second-order valence-electron chi connectivity index (χ2n) is 14.5. The van der Waals surface area contributed by atoms with Crippen LogP contribution in [0.1, 0.15) is 52.6 Å². The lowest BCUT2D eigenvalue weighted by molar-refractivity contribution is 0.0877. The Kier molecular flexibility index (Phi) is 6.82. The molecular formula is C50H24N4O4. The van der Waals surface area contributed by atoms with Gasteiger partial charge in [-0.2, -0.15) is 10.5 Å². The van der Waals surface area contributed by atoms with Crippen molar-refractivity contribution >= 4 is 78.1 Å². The summed E-state index contributed by atoms with van der Waals surface area (Å²) < 4.78 is 0. The standard InChI is InChI=1S/C50H24N4O4/c51-25-31-23-39-43-37(47(55)53(49(39)57)33-15-11-29(12-16-33)27-7-3-1-4-8-27)21-19-35-42-32(26-52)24-40-44-38(22-20-36(46(42)44)41(31)45(35)43)48(56)54(50(40)58)34-17-13-30(14-18-34)28-9-5-2-6-10-28/h1-24H. The van der Waals surface area contributed by atoms with Gasteiger partial charge in [0, 0.05) is 43.4 Å². The van der Waals surface area contributed by atoms with E-state index in [1.165, 1.54) is 12.1 Å². The first-order valence-electron chi connectivity index (χ1n) is 18.5. The van der Waals surface area contributed by atoms with Gasteiger partial charge in [-0.15, -0.1) is 0 Å². The van der Waals surface area contributed by atoms with E-state index in [9.17, 15) is 29.7 Å². The molecule has 0 bridgehead atoms. The fraction of sp³-hybridized carbons (Fsp3) is 0. The maximum atomic E-state index is 14.4. The topological polar surface area (TPSA) is 122 Å². The molecule has 0 saturated heterocycles. The number of hydrogen-bond donors (Lipinski definition) is 0. The van der Waals surface area contributed by atoms with Crippen LogP contribution in [0.25, 0.3) is 65.3 Å². The summed E-state index contributed by atoms with van der Waals surface area (Å²) in [6.45, 7) is 0. The van der Waals surface area contributed by atoms with Crippen molar-refractivity contribution in [3.8, 4) is 34.4 Å². The summed E-state index contributed by atoms with van der Waals surface area (Å²) in [6, 6.07) is 48.3. The lowest BCUT2D eigenvalue weighted by atomic mass is 9.79. The summed E-state index contributed by atoms with van der Waals surface area (Å²) in [5.74, 6) is -2.18. The number of hydrogen-bond acceptors (Lipinski definition) is 6. The third-order valence-corrected chi connectivity index (χ3v) is 11.5. The second kappa shape index (κ2) is 12.0. The molecule has 0 unspecified atom stereocenters. The third-order valence-electron chi connectivity index (χ3n) is 11.5. The highest BCUT2D eigenvalue weighted by Crippen LogP contribution is 2.49. The maximum absolute atomic E-state index is 14.4. The monoisotopic (exact) mass is 744 g/mol. The normalized spacial score (nSPS) is 13.6. The zero-order chi connectivity index (χ0) is 39.4. The van der Waals surface area contributed by atoms with Gasteiger partial charge in [0.25, 0.3) is 23.6 Å². The van der Waals surface area contributed by atoms with E-state index in [4.69, 9.17) is 0 Å². The molecule has 4 amide bonds. The smallest absolute Gasteiger partial charge is 0.266 e. The summed E-state index contributed by atoms with van der Waals surface area (Å²) in [7, 11) is 0. The van der Waals surface area contributed by atoms with Gasteiger partial charge in [0.15, 0.2) is 0 Å². The van der Waals surface area contributed by atoms with Gasteiger partial charge in [0.1, 0.15) is 0 Å². The molecule has 0 saturated carbocycles. The van der Waals surface area contributed by atoms with E-state index in [-0.39, 0.29) is 33.4 Å². The van der Waals surface area contributed by atoms with Crippen molar-refractivity contribution in [3.05, 3.63) is 179 Å². The molecule has 0 spiro atoms. The Morgan fingerprint density at radius 2 is 0.690 bits per heavy atom. The first kappa shape index (κ1) is 32.9. The van der Waals surface area contributed by atoms with E-state index in [1.807, 2.05) is 84.9 Å². The van der Waals surface area contributed by atoms with E-state index in [2.05, 4.69) is 12.1 Å². The van der Waals surface area contributed by atoms with E-state index in [1.54, 1.807) is 48.5 Å². The van der Waals surface area contributed by atoms with Crippen molar-refractivity contribution in [2.75, 3.05) is 9.80 Å². The highest BCUT2D eigenvalue weighted by Gasteiger charge is 2.39. The molecule has 268 valence electrons. The van der Waals surface area contributed by atoms with Crippen LogP contribution in [0.5, 0.6) is 0 Å². The van der Waals surface area contributed by atoms with Crippen LogP contribution >= 0.6 is 0 Å². The van der Waals surface area contributed by atoms with Crippen molar-refractivity contribution in [2.24, 2.45) is 0 Å². The van der Waals surface area contributed by atoms with E-state index < -0.39 is 23.6 Å². The van der Waals surface area contributed by atoms with Gasteiger partial charge < -0.3 is 0 Å². The molecule has 0 fully saturated rings. The molecule has 0 N–H and O–H groups in total. The highest BCUT2D eigenvalue weighted by molar-refractivity contribution is 6.46. The average Bonchev–Trinajstić information content (AvgIpc) is 3.27. The number of amides is 4. The lowest BCUT2D eigenvalue weighted by Gasteiger charge is -2.30. The number of fused-ring (bicyclic) bond motifs is 2. The summed E-state index contributed by atoms with van der Waals surface area (Å²) in [4.78, 5) is 59.9. The zero-order valence-corrected chi connectivity index (χ0v) is 30.3. The predicted octanol–water partition coefficient (Wildman–Crippen LogP) is 10.4. The third kappa shape index (κ3) is 4.37. The fourth-order valence-corrected chi connectivity index (χ4v) is 8.98. The van der Waals surface area contributed by atoms with Crippen LogP contribution in [-0.2, 0) is 0 Å². The van der Waals surface area contributed by atoms with E-state index >= 15 is 0 Å². The van der Waals surface area contributed by atoms with Gasteiger partial charge in [0.2, 0.25) is 0 Å². The van der Waals surface area contributed by atoms with Crippen LogP contribution in [0.3, 0.4) is 0 Å². The van der Waals surface area contributed by atoms with E-state index in [0.29, 0.717) is 54.5 Å². The van der Waals surface area contributed by atoms with E-state index in [0.717, 1.165) is 32.1 Å². The van der Waals surface area contributed by atoms with Crippen LogP contribution < -0.4 is 9.80 Å². The Labute approximate surface area is 329 Å². The first-order chi connectivity index (χ1) is 28.4. The van der Waals surface area contributed by atoms with Gasteiger partial charge in [-0.1, -0.05) is 97.1 Å². The molecule has 0 radical (unpaired) electrons. The van der Waals surface area contributed by atoms with Gasteiger partial charge >= 0.3 is 0 Å². The van der Waals surface area contributed by atoms with Gasteiger partial charge in [-0.3, -0.25) is 19.2 Å². The summed E-state index contributed by atoms with van der Waals surface area (Å²) >= 11 is 0. The number of carbonyl (C=O) groups excluding carboxylic acids is 4. The number of imide groups is 2. The number of rotatable bonds is 4. The number of nitriles is 2. The molecule has 8 nitrogen and oxygen atoms in total. The van der Waals surface area contributed by atoms with Crippen molar-refractivity contribution in [1.29, 1.82) is 10.5 Å². The minimum Gasteiger partial charge on any atom is -0.268 e. The first-order valence-corrected chi connectivity index (χ1v) is 18.5. The molecule has 0 atom stereocenters. The van der Waals surface area contributed by atoms with Gasteiger partial charge in [-0.25, -0.2) is 9.80 Å². The molecule has 2 aliphatic heterocycles.